The molecule has 148 valence electrons. The molecule has 1 aliphatic rings. The van der Waals surface area contributed by atoms with E-state index in [0.29, 0.717) is 24.9 Å². The molecular weight excluding hydrogens is 383 g/mol. The van der Waals surface area contributed by atoms with E-state index < -0.39 is 29.4 Å². The van der Waals surface area contributed by atoms with Crippen LogP contribution < -0.4 is 4.90 Å². The van der Waals surface area contributed by atoms with Gasteiger partial charge in [0.05, 0.1) is 17.3 Å². The van der Waals surface area contributed by atoms with Gasteiger partial charge in [0, 0.05) is 43.0 Å². The monoisotopic (exact) mass is 399 g/mol. The predicted octanol–water partition coefficient (Wildman–Crippen LogP) is 3.84. The van der Waals surface area contributed by atoms with Crippen LogP contribution in [0.5, 0.6) is 0 Å². The number of benzene rings is 1. The summed E-state index contributed by atoms with van der Waals surface area (Å²) in [4.78, 5) is 31.4. The second kappa shape index (κ2) is 7.54. The molecule has 1 atom stereocenters. The van der Waals surface area contributed by atoms with Gasteiger partial charge in [-0.3, -0.25) is 19.1 Å². The number of halogens is 3. The Kier molecular flexibility index (Phi) is 4.92. The first-order valence-electron chi connectivity index (χ1n) is 9.05. The summed E-state index contributed by atoms with van der Waals surface area (Å²) in [5.74, 6) is -4.93. The van der Waals surface area contributed by atoms with E-state index in [4.69, 9.17) is 0 Å². The van der Waals surface area contributed by atoms with Crippen molar-refractivity contribution in [2.45, 2.75) is 18.9 Å². The Morgan fingerprint density at radius 1 is 1.07 bits per heavy atom. The maximum absolute atomic E-state index is 13.7. The number of hydrogen-bond donors (Lipinski definition) is 0. The van der Waals surface area contributed by atoms with Crippen LogP contribution in [0.25, 0.3) is 0 Å². The summed E-state index contributed by atoms with van der Waals surface area (Å²) in [6.07, 6.45) is 5.50. The zero-order chi connectivity index (χ0) is 20.5. The lowest BCUT2D eigenvalue weighted by atomic mass is 10.1. The fourth-order valence-electron chi connectivity index (χ4n) is 3.61. The van der Waals surface area contributed by atoms with Crippen LogP contribution in [0.2, 0.25) is 0 Å². The van der Waals surface area contributed by atoms with E-state index in [1.165, 1.54) is 29.2 Å². The number of carbonyl (C=O) groups is 2. The fourth-order valence-corrected chi connectivity index (χ4v) is 3.61. The molecule has 3 heterocycles. The van der Waals surface area contributed by atoms with Crippen LogP contribution in [0.3, 0.4) is 0 Å². The van der Waals surface area contributed by atoms with Gasteiger partial charge in [-0.05, 0) is 37.1 Å². The van der Waals surface area contributed by atoms with Gasteiger partial charge in [0.25, 0.3) is 5.91 Å². The Morgan fingerprint density at radius 2 is 1.83 bits per heavy atom. The van der Waals surface area contributed by atoms with Gasteiger partial charge in [0.15, 0.2) is 17.5 Å². The Balaban J connectivity index is 1.65. The second-order valence-electron chi connectivity index (χ2n) is 6.75. The van der Waals surface area contributed by atoms with Crippen molar-refractivity contribution >= 4 is 17.4 Å². The van der Waals surface area contributed by atoms with Crippen molar-refractivity contribution in [1.82, 2.24) is 9.55 Å². The first kappa shape index (κ1) is 18.9. The van der Waals surface area contributed by atoms with Crippen molar-refractivity contribution in [3.05, 3.63) is 83.7 Å². The van der Waals surface area contributed by atoms with Crippen molar-refractivity contribution in [3.63, 3.8) is 0 Å². The zero-order valence-electron chi connectivity index (χ0n) is 15.2. The first-order valence-corrected chi connectivity index (χ1v) is 9.05. The summed E-state index contributed by atoms with van der Waals surface area (Å²) in [7, 11) is 0. The molecule has 1 aromatic carbocycles. The van der Waals surface area contributed by atoms with E-state index in [-0.39, 0.29) is 17.2 Å². The molecule has 1 aliphatic heterocycles. The highest BCUT2D eigenvalue weighted by molar-refractivity contribution is 6.06. The van der Waals surface area contributed by atoms with Gasteiger partial charge in [-0.15, -0.1) is 0 Å². The smallest absolute Gasteiger partial charge is 0.264 e. The van der Waals surface area contributed by atoms with Crippen molar-refractivity contribution in [2.75, 3.05) is 11.4 Å². The standard InChI is InChI=1S/C21H16F3N3O2/c22-15-10-14(11-16(23)19(15)24)26-8-2-5-17(26)20(28)18-6-3-9-27(18)21(29)13-4-1-7-25-12-13/h1,3-4,6-7,9-12,17H,2,5,8H2. The van der Waals surface area contributed by atoms with Crippen molar-refractivity contribution in [1.29, 1.82) is 0 Å². The van der Waals surface area contributed by atoms with Crippen LogP contribution in [0.4, 0.5) is 18.9 Å². The van der Waals surface area contributed by atoms with Crippen LogP contribution in [0, 0.1) is 17.5 Å². The Bertz CT molecular complexity index is 1060. The minimum absolute atomic E-state index is 0.0916. The molecule has 1 fully saturated rings. The highest BCUT2D eigenvalue weighted by Crippen LogP contribution is 2.30. The van der Waals surface area contributed by atoms with E-state index in [1.807, 2.05) is 0 Å². The van der Waals surface area contributed by atoms with Crippen LogP contribution in [-0.4, -0.2) is 33.8 Å². The molecule has 4 rings (SSSR count). The average Bonchev–Trinajstić information content (AvgIpc) is 3.41. The highest BCUT2D eigenvalue weighted by Gasteiger charge is 2.34. The molecule has 5 nitrogen and oxygen atoms in total. The molecule has 0 radical (unpaired) electrons. The summed E-state index contributed by atoms with van der Waals surface area (Å²) >= 11 is 0. The second-order valence-corrected chi connectivity index (χ2v) is 6.75. The number of nitrogens with zero attached hydrogens (tertiary/aromatic N) is 3. The maximum atomic E-state index is 13.7. The predicted molar refractivity (Wildman–Crippen MR) is 99.4 cm³/mol. The van der Waals surface area contributed by atoms with Gasteiger partial charge < -0.3 is 4.90 Å². The third kappa shape index (κ3) is 3.41. The third-order valence-electron chi connectivity index (χ3n) is 4.98. The van der Waals surface area contributed by atoms with Gasteiger partial charge in [0.1, 0.15) is 0 Å². The van der Waals surface area contributed by atoms with Crippen molar-refractivity contribution in [3.8, 4) is 0 Å². The number of hydrogen-bond acceptors (Lipinski definition) is 4. The molecule has 1 saturated heterocycles. The number of Topliss-reactive ketones (excluding diaryl/α,β-unsaturated/α-hetero) is 1. The lowest BCUT2D eigenvalue weighted by Crippen LogP contribution is -2.37. The fraction of sp³-hybridized carbons (Fsp3) is 0.190. The highest BCUT2D eigenvalue weighted by atomic mass is 19.2. The van der Waals surface area contributed by atoms with Crippen LogP contribution >= 0.6 is 0 Å². The number of pyridine rings is 1. The minimum Gasteiger partial charge on any atom is -0.361 e. The maximum Gasteiger partial charge on any atom is 0.264 e. The summed E-state index contributed by atoms with van der Waals surface area (Å²) in [5, 5.41) is 0. The molecule has 0 N–H and O–H groups in total. The molecule has 8 heteroatoms. The third-order valence-corrected chi connectivity index (χ3v) is 4.98. The van der Waals surface area contributed by atoms with Gasteiger partial charge in [-0.25, -0.2) is 13.2 Å². The molecule has 1 unspecified atom stereocenters. The Morgan fingerprint density at radius 3 is 2.52 bits per heavy atom. The topological polar surface area (TPSA) is 55.2 Å². The SMILES string of the molecule is O=C(c1cccn1C(=O)c1cccnc1)C1CCCN1c1cc(F)c(F)c(F)c1. The Labute approximate surface area is 164 Å². The van der Waals surface area contributed by atoms with Crippen molar-refractivity contribution in [2.24, 2.45) is 0 Å². The Hall–Kier alpha value is -3.42. The van der Waals surface area contributed by atoms with E-state index in [9.17, 15) is 22.8 Å². The molecule has 0 bridgehead atoms. The van der Waals surface area contributed by atoms with E-state index in [0.717, 1.165) is 12.1 Å². The summed E-state index contributed by atoms with van der Waals surface area (Å²) in [6.45, 7) is 0.387. The number of aromatic nitrogens is 2. The summed E-state index contributed by atoms with van der Waals surface area (Å²) in [6, 6.07) is 7.36. The molecule has 29 heavy (non-hydrogen) atoms. The number of carbonyl (C=O) groups excluding carboxylic acids is 2. The van der Waals surface area contributed by atoms with Gasteiger partial charge in [-0.2, -0.15) is 0 Å². The van der Waals surface area contributed by atoms with E-state index in [1.54, 1.807) is 23.1 Å². The largest absolute Gasteiger partial charge is 0.361 e. The van der Waals surface area contributed by atoms with Crippen LogP contribution in [0.1, 0.15) is 33.7 Å². The molecular formula is C21H16F3N3O2. The van der Waals surface area contributed by atoms with Crippen LogP contribution in [-0.2, 0) is 0 Å². The van der Waals surface area contributed by atoms with Gasteiger partial charge >= 0.3 is 0 Å². The van der Waals surface area contributed by atoms with Crippen LogP contribution in [0.15, 0.2) is 55.0 Å². The van der Waals surface area contributed by atoms with E-state index in [2.05, 4.69) is 4.98 Å². The molecule has 2 aromatic heterocycles. The number of anilines is 1. The molecule has 0 spiro atoms. The molecule has 0 aliphatic carbocycles. The minimum atomic E-state index is -1.55. The molecule has 0 saturated carbocycles. The van der Waals surface area contributed by atoms with Crippen molar-refractivity contribution < 1.29 is 22.8 Å². The normalized spacial score (nSPS) is 16.2. The average molecular weight is 399 g/mol. The quantitative estimate of drug-likeness (QED) is 0.494. The summed E-state index contributed by atoms with van der Waals surface area (Å²) < 4.78 is 41.9. The lowest BCUT2D eigenvalue weighted by molar-refractivity contribution is 0.0906. The van der Waals surface area contributed by atoms with E-state index >= 15 is 0 Å². The summed E-state index contributed by atoms with van der Waals surface area (Å²) in [5.41, 5.74) is 0.580. The zero-order valence-corrected chi connectivity index (χ0v) is 15.2. The number of rotatable bonds is 4. The number of ketones is 1. The van der Waals surface area contributed by atoms with Gasteiger partial charge in [0.2, 0.25) is 5.78 Å². The molecule has 3 aromatic rings. The molecule has 0 amide bonds. The van der Waals surface area contributed by atoms with Gasteiger partial charge in [-0.1, -0.05) is 0 Å². The lowest BCUT2D eigenvalue weighted by Gasteiger charge is -2.26. The first-order chi connectivity index (χ1) is 14.0.